The van der Waals surface area contributed by atoms with Crippen LogP contribution in [0.25, 0.3) is 0 Å². The zero-order valence-corrected chi connectivity index (χ0v) is 9.61. The summed E-state index contributed by atoms with van der Waals surface area (Å²) in [6.07, 6.45) is 0.890. The molecule has 0 radical (unpaired) electrons. The summed E-state index contributed by atoms with van der Waals surface area (Å²) in [5, 5.41) is 0. The van der Waals surface area contributed by atoms with Crippen molar-refractivity contribution in [1.29, 1.82) is 0 Å². The standard InChI is InChI=1S/C8H9.ClH.Zn/c1-2-8-6-4-3-5-7-8;;/h3-7H,1-2H2;1H;/q-1;;+2/p-1. The molecule has 0 aliphatic carbocycles. The van der Waals surface area contributed by atoms with Gasteiger partial charge in [0.2, 0.25) is 0 Å². The molecule has 0 saturated carbocycles. The molecule has 50 valence electrons. The summed E-state index contributed by atoms with van der Waals surface area (Å²) < 4.78 is 0. The van der Waals surface area contributed by atoms with E-state index in [4.69, 9.17) is 0 Å². The van der Waals surface area contributed by atoms with Gasteiger partial charge in [-0.2, -0.15) is 6.42 Å². The van der Waals surface area contributed by atoms with E-state index in [0.717, 1.165) is 6.42 Å². The molecule has 0 bridgehead atoms. The maximum atomic E-state index is 3.76. The fraction of sp³-hybridized carbons (Fsp3) is 0.125. The Kier molecular flexibility index (Phi) is 9.26. The molecule has 0 spiro atoms. The molecule has 0 unspecified atom stereocenters. The van der Waals surface area contributed by atoms with Crippen LogP contribution in [-0.4, -0.2) is 0 Å². The monoisotopic (exact) mass is 204 g/mol. The molecule has 0 aromatic heterocycles. The summed E-state index contributed by atoms with van der Waals surface area (Å²) in [4.78, 5) is 0. The Hall–Kier alpha value is 0.133. The van der Waals surface area contributed by atoms with E-state index >= 15 is 0 Å². The zero-order valence-electron chi connectivity index (χ0n) is 5.89. The fourth-order valence-electron chi connectivity index (χ4n) is 0.645. The molecule has 0 nitrogen and oxygen atoms in total. The topological polar surface area (TPSA) is 0 Å². The van der Waals surface area contributed by atoms with Gasteiger partial charge in [0, 0.05) is 0 Å². The molecule has 1 aromatic rings. The zero-order chi connectivity index (χ0) is 5.82. The van der Waals surface area contributed by atoms with E-state index in [1.165, 1.54) is 5.56 Å². The summed E-state index contributed by atoms with van der Waals surface area (Å²) in [6.45, 7) is 3.76. The second-order valence-corrected chi connectivity index (χ2v) is 1.74. The third-order valence-electron chi connectivity index (χ3n) is 1.13. The number of rotatable bonds is 1. The largest absolute Gasteiger partial charge is 2.00 e. The quantitative estimate of drug-likeness (QED) is 0.411. The molecule has 1 rings (SSSR count). The molecule has 2 heteroatoms. The Morgan fingerprint density at radius 2 is 1.60 bits per heavy atom. The van der Waals surface area contributed by atoms with Crippen molar-refractivity contribution in [3.8, 4) is 0 Å². The number of halogens is 1. The maximum absolute atomic E-state index is 3.76. The van der Waals surface area contributed by atoms with Crippen molar-refractivity contribution in [2.75, 3.05) is 0 Å². The molecule has 0 amide bonds. The molecule has 0 saturated heterocycles. The van der Waals surface area contributed by atoms with Crippen LogP contribution in [0.3, 0.4) is 0 Å². The Balaban J connectivity index is 0. The first kappa shape index (κ1) is 12.8. The van der Waals surface area contributed by atoms with Crippen molar-refractivity contribution in [2.45, 2.75) is 6.42 Å². The Labute approximate surface area is 81.2 Å². The van der Waals surface area contributed by atoms with E-state index in [0.29, 0.717) is 0 Å². The summed E-state index contributed by atoms with van der Waals surface area (Å²) in [7, 11) is 0. The minimum Gasteiger partial charge on any atom is -1.00 e. The molecule has 0 heterocycles. The van der Waals surface area contributed by atoms with Crippen LogP contribution >= 0.6 is 0 Å². The van der Waals surface area contributed by atoms with Crippen molar-refractivity contribution in [3.63, 3.8) is 0 Å². The van der Waals surface area contributed by atoms with Crippen LogP contribution in [-0.2, 0) is 25.9 Å². The third kappa shape index (κ3) is 4.03. The van der Waals surface area contributed by atoms with Crippen molar-refractivity contribution in [2.24, 2.45) is 0 Å². The van der Waals surface area contributed by atoms with Gasteiger partial charge in [-0.3, -0.25) is 0 Å². The van der Waals surface area contributed by atoms with Gasteiger partial charge in [0.1, 0.15) is 0 Å². The van der Waals surface area contributed by atoms with Gasteiger partial charge >= 0.3 is 19.5 Å². The molecule has 0 N–H and O–H groups in total. The average molecular weight is 206 g/mol. The van der Waals surface area contributed by atoms with E-state index in [9.17, 15) is 0 Å². The van der Waals surface area contributed by atoms with Crippen LogP contribution in [0.1, 0.15) is 5.56 Å². The fourth-order valence-corrected chi connectivity index (χ4v) is 0.645. The van der Waals surface area contributed by atoms with E-state index in [1.54, 1.807) is 0 Å². The molecule has 0 aliphatic heterocycles. The minimum atomic E-state index is 0. The smallest absolute Gasteiger partial charge is 1.00 e. The predicted molar refractivity (Wildman–Crippen MR) is 35.5 cm³/mol. The van der Waals surface area contributed by atoms with Gasteiger partial charge < -0.3 is 19.3 Å². The van der Waals surface area contributed by atoms with Crippen LogP contribution < -0.4 is 12.4 Å². The SMILES string of the molecule is [CH2-]Cc1ccccc1.[Cl-].[Zn+2]. The molecule has 1 aromatic carbocycles. The first-order valence-corrected chi connectivity index (χ1v) is 2.76. The molecule has 0 aliphatic rings. The van der Waals surface area contributed by atoms with Crippen LogP contribution in [0.4, 0.5) is 0 Å². The molecule has 0 fully saturated rings. The minimum absolute atomic E-state index is 0. The van der Waals surface area contributed by atoms with Crippen LogP contribution in [0.5, 0.6) is 0 Å². The van der Waals surface area contributed by atoms with E-state index in [2.05, 4.69) is 19.1 Å². The van der Waals surface area contributed by atoms with Gasteiger partial charge in [-0.25, -0.2) is 0 Å². The van der Waals surface area contributed by atoms with Gasteiger partial charge in [-0.05, 0) is 0 Å². The molecule has 10 heavy (non-hydrogen) atoms. The van der Waals surface area contributed by atoms with Gasteiger partial charge in [0.05, 0.1) is 0 Å². The summed E-state index contributed by atoms with van der Waals surface area (Å²) >= 11 is 0. The molecular weight excluding hydrogens is 197 g/mol. The van der Waals surface area contributed by atoms with E-state index < -0.39 is 0 Å². The molecule has 0 atom stereocenters. The Morgan fingerprint density at radius 3 is 1.90 bits per heavy atom. The summed E-state index contributed by atoms with van der Waals surface area (Å²) in [6, 6.07) is 10.2. The first-order valence-electron chi connectivity index (χ1n) is 2.76. The normalized spacial score (nSPS) is 7.30. The number of hydrogen-bond acceptors (Lipinski definition) is 0. The van der Waals surface area contributed by atoms with Gasteiger partial charge in [0.25, 0.3) is 0 Å². The Morgan fingerprint density at radius 1 is 1.10 bits per heavy atom. The number of hydrogen-bond donors (Lipinski definition) is 0. The second-order valence-electron chi connectivity index (χ2n) is 1.74. The van der Waals surface area contributed by atoms with E-state index in [-0.39, 0.29) is 31.9 Å². The van der Waals surface area contributed by atoms with Crippen molar-refractivity contribution in [3.05, 3.63) is 42.8 Å². The van der Waals surface area contributed by atoms with Crippen molar-refractivity contribution in [1.82, 2.24) is 0 Å². The average Bonchev–Trinajstić information content (AvgIpc) is 1.90. The first-order chi connectivity index (χ1) is 3.93. The van der Waals surface area contributed by atoms with Crippen molar-refractivity contribution < 1.29 is 31.9 Å². The number of benzene rings is 1. The predicted octanol–water partition coefficient (Wildman–Crippen LogP) is -0.935. The van der Waals surface area contributed by atoms with Gasteiger partial charge in [-0.1, -0.05) is 35.9 Å². The maximum Gasteiger partial charge on any atom is 2.00 e. The Bertz CT molecular complexity index is 151. The van der Waals surface area contributed by atoms with Gasteiger partial charge in [0.15, 0.2) is 0 Å². The third-order valence-corrected chi connectivity index (χ3v) is 1.13. The summed E-state index contributed by atoms with van der Waals surface area (Å²) in [5.41, 5.74) is 1.30. The summed E-state index contributed by atoms with van der Waals surface area (Å²) in [5.74, 6) is 0. The molecular formula is C8H9ClZn. The van der Waals surface area contributed by atoms with Crippen LogP contribution in [0.15, 0.2) is 30.3 Å². The van der Waals surface area contributed by atoms with Crippen molar-refractivity contribution >= 4 is 0 Å². The van der Waals surface area contributed by atoms with Crippen LogP contribution in [0.2, 0.25) is 0 Å². The van der Waals surface area contributed by atoms with Gasteiger partial charge in [-0.15, -0.1) is 0 Å². The second kappa shape index (κ2) is 7.24. The van der Waals surface area contributed by atoms with E-state index in [1.807, 2.05) is 18.2 Å². The van der Waals surface area contributed by atoms with Crippen LogP contribution in [0, 0.1) is 6.92 Å².